The lowest BCUT2D eigenvalue weighted by molar-refractivity contribution is 0.0696. The number of halogens is 1. The molecule has 1 aromatic carbocycles. The van der Waals surface area contributed by atoms with Crippen molar-refractivity contribution in [3.05, 3.63) is 34.9 Å². The van der Waals surface area contributed by atoms with Gasteiger partial charge in [0, 0.05) is 19.6 Å². The summed E-state index contributed by atoms with van der Waals surface area (Å²) in [5, 5.41) is 8.93. The number of carboxylic acids is 1. The Balaban J connectivity index is 2.12. The van der Waals surface area contributed by atoms with Crippen LogP contribution in [0.2, 0.25) is 0 Å². The number of benzene rings is 1. The number of carboxylic acid groups (broad SMARTS) is 1. The summed E-state index contributed by atoms with van der Waals surface area (Å²) in [6, 6.07) is 5.28. The monoisotopic (exact) mass is 237 g/mol. The van der Waals surface area contributed by atoms with Gasteiger partial charge in [0.05, 0.1) is 12.2 Å². The van der Waals surface area contributed by atoms with Crippen LogP contribution in [-0.2, 0) is 13.0 Å². The van der Waals surface area contributed by atoms with Gasteiger partial charge < -0.3 is 5.11 Å². The maximum Gasteiger partial charge on any atom is 0.335 e. The zero-order valence-corrected chi connectivity index (χ0v) is 9.66. The molecule has 1 aliphatic rings. The van der Waals surface area contributed by atoms with E-state index in [1.165, 1.54) is 5.56 Å². The molecule has 0 saturated carbocycles. The second-order valence-corrected chi connectivity index (χ2v) is 4.36. The number of hydrogen-bond acceptors (Lipinski definition) is 2. The van der Waals surface area contributed by atoms with Gasteiger partial charge in [-0.25, -0.2) is 4.79 Å². The van der Waals surface area contributed by atoms with Crippen molar-refractivity contribution < 1.29 is 14.3 Å². The number of alkyl halides is 1. The van der Waals surface area contributed by atoms with Gasteiger partial charge in [-0.15, -0.1) is 0 Å². The topological polar surface area (TPSA) is 40.5 Å². The molecule has 1 heterocycles. The van der Waals surface area contributed by atoms with Crippen LogP contribution in [0.4, 0.5) is 4.39 Å². The molecule has 0 radical (unpaired) electrons. The summed E-state index contributed by atoms with van der Waals surface area (Å²) in [6.45, 7) is 2.11. The highest BCUT2D eigenvalue weighted by Gasteiger charge is 2.17. The van der Waals surface area contributed by atoms with Crippen molar-refractivity contribution >= 4 is 5.97 Å². The Kier molecular flexibility index (Phi) is 3.74. The molecule has 1 aromatic rings. The molecular weight excluding hydrogens is 221 g/mol. The lowest BCUT2D eigenvalue weighted by atomic mass is 9.97. The predicted octanol–water partition coefficient (Wildman–Crippen LogP) is 2.10. The van der Waals surface area contributed by atoms with Crippen molar-refractivity contribution in [1.82, 2.24) is 4.90 Å². The molecule has 0 aliphatic carbocycles. The van der Waals surface area contributed by atoms with Gasteiger partial charge in [0.1, 0.15) is 0 Å². The molecule has 4 heteroatoms. The lowest BCUT2D eigenvalue weighted by Gasteiger charge is -2.28. The number of fused-ring (bicyclic) bond motifs is 1. The van der Waals surface area contributed by atoms with Crippen LogP contribution < -0.4 is 0 Å². The van der Waals surface area contributed by atoms with Gasteiger partial charge in [-0.05, 0) is 36.1 Å². The smallest absolute Gasteiger partial charge is 0.335 e. The van der Waals surface area contributed by atoms with Crippen molar-refractivity contribution in [3.8, 4) is 0 Å². The number of aromatic carboxylic acids is 1. The van der Waals surface area contributed by atoms with E-state index in [0.29, 0.717) is 12.0 Å². The van der Waals surface area contributed by atoms with E-state index in [0.717, 1.165) is 31.6 Å². The van der Waals surface area contributed by atoms with Crippen molar-refractivity contribution in [2.24, 2.45) is 0 Å². The Morgan fingerprint density at radius 3 is 2.94 bits per heavy atom. The van der Waals surface area contributed by atoms with E-state index >= 15 is 0 Å². The van der Waals surface area contributed by atoms with Gasteiger partial charge >= 0.3 is 5.97 Å². The number of carbonyl (C=O) groups is 1. The molecule has 0 saturated heterocycles. The second-order valence-electron chi connectivity index (χ2n) is 4.36. The average molecular weight is 237 g/mol. The predicted molar refractivity (Wildman–Crippen MR) is 63.0 cm³/mol. The molecule has 0 atom stereocenters. The minimum atomic E-state index is -0.895. The summed E-state index contributed by atoms with van der Waals surface area (Å²) in [5.74, 6) is -0.895. The van der Waals surface area contributed by atoms with Crippen molar-refractivity contribution in [3.63, 3.8) is 0 Å². The van der Waals surface area contributed by atoms with Crippen LogP contribution in [0.5, 0.6) is 0 Å². The van der Waals surface area contributed by atoms with Crippen LogP contribution in [0.15, 0.2) is 18.2 Å². The molecule has 0 bridgehead atoms. The van der Waals surface area contributed by atoms with E-state index in [9.17, 15) is 9.18 Å². The Labute approximate surface area is 99.9 Å². The summed E-state index contributed by atoms with van der Waals surface area (Å²) >= 11 is 0. The zero-order chi connectivity index (χ0) is 12.3. The SMILES string of the molecule is O=C(O)c1ccc2c(c1)CN(CCCF)CC2. The standard InChI is InChI=1S/C13H16FNO2/c14-5-1-6-15-7-4-10-2-3-11(13(16)17)8-12(10)9-15/h2-3,8H,1,4-7,9H2,(H,16,17). The van der Waals surface area contributed by atoms with Crippen molar-refractivity contribution in [1.29, 1.82) is 0 Å². The highest BCUT2D eigenvalue weighted by atomic mass is 19.1. The molecule has 0 aromatic heterocycles. The molecule has 0 fully saturated rings. The van der Waals surface area contributed by atoms with E-state index < -0.39 is 5.97 Å². The summed E-state index contributed by atoms with van der Waals surface area (Å²) in [5.41, 5.74) is 2.61. The zero-order valence-electron chi connectivity index (χ0n) is 9.66. The van der Waals surface area contributed by atoms with Gasteiger partial charge in [-0.2, -0.15) is 0 Å². The molecule has 2 rings (SSSR count). The van der Waals surface area contributed by atoms with Crippen LogP contribution in [0.1, 0.15) is 27.9 Å². The Bertz CT molecular complexity index is 420. The quantitative estimate of drug-likeness (QED) is 0.871. The molecule has 0 spiro atoms. The molecule has 17 heavy (non-hydrogen) atoms. The first kappa shape index (κ1) is 12.0. The first-order valence-electron chi connectivity index (χ1n) is 5.84. The normalized spacial score (nSPS) is 15.6. The number of rotatable bonds is 4. The Morgan fingerprint density at radius 2 is 2.24 bits per heavy atom. The maximum atomic E-state index is 12.1. The summed E-state index contributed by atoms with van der Waals surface area (Å²) in [4.78, 5) is 13.1. The minimum Gasteiger partial charge on any atom is -0.478 e. The third-order valence-electron chi connectivity index (χ3n) is 3.15. The van der Waals surface area contributed by atoms with Crippen molar-refractivity contribution in [2.75, 3.05) is 19.8 Å². The number of nitrogens with zero attached hydrogens (tertiary/aromatic N) is 1. The van der Waals surface area contributed by atoms with E-state index in [4.69, 9.17) is 5.11 Å². The third-order valence-corrected chi connectivity index (χ3v) is 3.15. The highest BCUT2D eigenvalue weighted by Crippen LogP contribution is 2.20. The molecule has 1 aliphatic heterocycles. The van der Waals surface area contributed by atoms with E-state index in [2.05, 4.69) is 4.90 Å². The van der Waals surface area contributed by atoms with Crippen LogP contribution in [0.3, 0.4) is 0 Å². The fourth-order valence-corrected chi connectivity index (χ4v) is 2.22. The summed E-state index contributed by atoms with van der Waals surface area (Å²) in [6.07, 6.45) is 1.47. The first-order chi connectivity index (χ1) is 8.20. The van der Waals surface area contributed by atoms with E-state index in [1.54, 1.807) is 12.1 Å². The first-order valence-corrected chi connectivity index (χ1v) is 5.84. The fraction of sp³-hybridized carbons (Fsp3) is 0.462. The van der Waals surface area contributed by atoms with Crippen LogP contribution in [0, 0.1) is 0 Å². The number of hydrogen-bond donors (Lipinski definition) is 1. The summed E-state index contributed by atoms with van der Waals surface area (Å²) in [7, 11) is 0. The van der Waals surface area contributed by atoms with Crippen LogP contribution in [0.25, 0.3) is 0 Å². The van der Waals surface area contributed by atoms with Crippen LogP contribution >= 0.6 is 0 Å². The third kappa shape index (κ3) is 2.82. The van der Waals surface area contributed by atoms with Gasteiger partial charge in [0.2, 0.25) is 0 Å². The van der Waals surface area contributed by atoms with E-state index in [-0.39, 0.29) is 6.67 Å². The van der Waals surface area contributed by atoms with Gasteiger partial charge in [0.15, 0.2) is 0 Å². The molecule has 92 valence electrons. The molecule has 0 unspecified atom stereocenters. The molecule has 1 N–H and O–H groups in total. The Morgan fingerprint density at radius 1 is 1.41 bits per heavy atom. The average Bonchev–Trinajstić information content (AvgIpc) is 2.35. The van der Waals surface area contributed by atoms with Gasteiger partial charge in [-0.3, -0.25) is 9.29 Å². The fourth-order valence-electron chi connectivity index (χ4n) is 2.22. The van der Waals surface area contributed by atoms with Gasteiger partial charge in [0.25, 0.3) is 0 Å². The Hall–Kier alpha value is -1.42. The molecular formula is C13H16FNO2. The largest absolute Gasteiger partial charge is 0.478 e. The minimum absolute atomic E-state index is 0.293. The molecule has 3 nitrogen and oxygen atoms in total. The second kappa shape index (κ2) is 5.27. The van der Waals surface area contributed by atoms with Crippen molar-refractivity contribution in [2.45, 2.75) is 19.4 Å². The summed E-state index contributed by atoms with van der Waals surface area (Å²) < 4.78 is 12.1. The molecule has 0 amide bonds. The van der Waals surface area contributed by atoms with Crippen LogP contribution in [-0.4, -0.2) is 35.7 Å². The van der Waals surface area contributed by atoms with Gasteiger partial charge in [-0.1, -0.05) is 6.07 Å². The highest BCUT2D eigenvalue weighted by molar-refractivity contribution is 5.87. The van der Waals surface area contributed by atoms with E-state index in [1.807, 2.05) is 6.07 Å². The maximum absolute atomic E-state index is 12.1. The lowest BCUT2D eigenvalue weighted by Crippen LogP contribution is -2.31.